The van der Waals surface area contributed by atoms with Crippen molar-refractivity contribution in [2.24, 2.45) is 22.6 Å². The van der Waals surface area contributed by atoms with E-state index >= 15 is 0 Å². The largest absolute Gasteiger partial charge is 0.465 e. The number of nitrogens with zero attached hydrogens (tertiary/aromatic N) is 2. The first-order chi connectivity index (χ1) is 11.5. The van der Waals surface area contributed by atoms with Crippen molar-refractivity contribution in [3.63, 3.8) is 0 Å². The second-order valence-electron chi connectivity index (χ2n) is 6.11. The highest BCUT2D eigenvalue weighted by atomic mass is 16.4. The van der Waals surface area contributed by atoms with Crippen LogP contribution in [0.2, 0.25) is 0 Å². The quantitative estimate of drug-likeness (QED) is 0.584. The maximum atomic E-state index is 11.7. The summed E-state index contributed by atoms with van der Waals surface area (Å²) in [6, 6.07) is 0. The zero-order valence-electron chi connectivity index (χ0n) is 12.6. The van der Waals surface area contributed by atoms with E-state index in [9.17, 15) is 9.59 Å². The number of amides is 2. The van der Waals surface area contributed by atoms with E-state index in [1.165, 1.54) is 4.90 Å². The standard InChI is InChI=1S/C16H15N5O3/c17-14-12(15(18)22)9-4-10-8(2-1-3-19-10)11(13(9)20-14)7-5-21(6-7)16(23)24/h1-4,7,11,17,19H,5-6H2,(H2,18,22)(H,23,24). The average Bonchev–Trinajstić information content (AvgIpc) is 2.80. The van der Waals surface area contributed by atoms with Crippen molar-refractivity contribution < 1.29 is 14.7 Å². The summed E-state index contributed by atoms with van der Waals surface area (Å²) >= 11 is 0. The minimum Gasteiger partial charge on any atom is -0.465 e. The molecule has 1 aliphatic carbocycles. The first kappa shape index (κ1) is 14.4. The van der Waals surface area contributed by atoms with Crippen LogP contribution in [0.25, 0.3) is 0 Å². The highest BCUT2D eigenvalue weighted by molar-refractivity contribution is 6.34. The Morgan fingerprint density at radius 1 is 1.42 bits per heavy atom. The minimum atomic E-state index is -0.942. The molecular formula is C16H15N5O3. The van der Waals surface area contributed by atoms with Crippen LogP contribution < -0.4 is 11.1 Å². The Morgan fingerprint density at radius 2 is 2.17 bits per heavy atom. The number of allylic oxidation sites excluding steroid dienone is 5. The number of amidine groups is 1. The van der Waals surface area contributed by atoms with Gasteiger partial charge in [0.15, 0.2) is 5.84 Å². The van der Waals surface area contributed by atoms with Gasteiger partial charge in [-0.05, 0) is 17.7 Å². The van der Waals surface area contributed by atoms with Crippen LogP contribution in [0, 0.1) is 17.2 Å². The zero-order chi connectivity index (χ0) is 17.0. The van der Waals surface area contributed by atoms with Crippen molar-refractivity contribution in [2.75, 3.05) is 13.1 Å². The fraction of sp³-hybridized carbons (Fsp3) is 0.250. The molecular weight excluding hydrogens is 310 g/mol. The topological polar surface area (TPSA) is 132 Å². The molecule has 2 amide bonds. The van der Waals surface area contributed by atoms with Crippen LogP contribution in [0.4, 0.5) is 4.79 Å². The van der Waals surface area contributed by atoms with Gasteiger partial charge in [-0.1, -0.05) is 6.08 Å². The monoisotopic (exact) mass is 325 g/mol. The lowest BCUT2D eigenvalue weighted by molar-refractivity contribution is -0.114. The lowest BCUT2D eigenvalue weighted by atomic mass is 9.71. The van der Waals surface area contributed by atoms with Crippen molar-refractivity contribution in [1.82, 2.24) is 10.2 Å². The molecule has 0 aromatic heterocycles. The maximum Gasteiger partial charge on any atom is 0.407 e. The van der Waals surface area contributed by atoms with Gasteiger partial charge in [-0.25, -0.2) is 9.79 Å². The first-order valence-electron chi connectivity index (χ1n) is 7.52. The lowest BCUT2D eigenvalue weighted by Crippen LogP contribution is -2.54. The molecule has 0 saturated carbocycles. The molecule has 0 aromatic rings. The van der Waals surface area contributed by atoms with E-state index in [0.29, 0.717) is 24.4 Å². The number of fused-ring (bicyclic) bond motifs is 2. The highest BCUT2D eigenvalue weighted by Crippen LogP contribution is 2.42. The Bertz CT molecular complexity index is 840. The number of aliphatic imine (C=N–C) groups is 1. The second kappa shape index (κ2) is 4.92. The van der Waals surface area contributed by atoms with E-state index < -0.39 is 12.0 Å². The zero-order valence-corrected chi connectivity index (χ0v) is 12.6. The van der Waals surface area contributed by atoms with Crippen molar-refractivity contribution in [3.05, 3.63) is 46.8 Å². The van der Waals surface area contributed by atoms with Gasteiger partial charge in [-0.2, -0.15) is 0 Å². The van der Waals surface area contributed by atoms with Crippen LogP contribution in [0.15, 0.2) is 51.8 Å². The molecule has 1 saturated heterocycles. The Balaban J connectivity index is 1.79. The molecule has 122 valence electrons. The van der Waals surface area contributed by atoms with Crippen molar-refractivity contribution >= 4 is 23.5 Å². The summed E-state index contributed by atoms with van der Waals surface area (Å²) in [5.41, 5.74) is 8.57. The maximum absolute atomic E-state index is 11.7. The van der Waals surface area contributed by atoms with E-state index in [1.807, 2.05) is 12.2 Å². The molecule has 1 atom stereocenters. The molecule has 3 aliphatic heterocycles. The van der Waals surface area contributed by atoms with Gasteiger partial charge in [0.1, 0.15) is 0 Å². The molecule has 1 unspecified atom stereocenters. The molecule has 4 rings (SSSR count). The highest BCUT2D eigenvalue weighted by Gasteiger charge is 2.46. The normalized spacial score (nSPS) is 25.2. The predicted octanol–water partition coefficient (Wildman–Crippen LogP) is 0.367. The first-order valence-corrected chi connectivity index (χ1v) is 7.52. The van der Waals surface area contributed by atoms with Crippen molar-refractivity contribution in [2.45, 2.75) is 0 Å². The molecule has 3 heterocycles. The summed E-state index contributed by atoms with van der Waals surface area (Å²) in [4.78, 5) is 28.4. The predicted molar refractivity (Wildman–Crippen MR) is 86.4 cm³/mol. The number of primary amides is 1. The summed E-state index contributed by atoms with van der Waals surface area (Å²) in [6.07, 6.45) is 6.46. The van der Waals surface area contributed by atoms with Crippen LogP contribution in [0.3, 0.4) is 0 Å². The van der Waals surface area contributed by atoms with Gasteiger partial charge in [-0.15, -0.1) is 0 Å². The van der Waals surface area contributed by atoms with E-state index in [1.54, 1.807) is 12.3 Å². The van der Waals surface area contributed by atoms with E-state index in [4.69, 9.17) is 16.2 Å². The summed E-state index contributed by atoms with van der Waals surface area (Å²) in [5, 5.41) is 20.2. The Morgan fingerprint density at radius 3 is 2.83 bits per heavy atom. The molecule has 0 radical (unpaired) electrons. The van der Waals surface area contributed by atoms with Gasteiger partial charge in [0.25, 0.3) is 5.91 Å². The van der Waals surface area contributed by atoms with E-state index in [2.05, 4.69) is 10.3 Å². The smallest absolute Gasteiger partial charge is 0.407 e. The number of nitrogens with two attached hydrogens (primary N) is 1. The van der Waals surface area contributed by atoms with Gasteiger partial charge in [0.2, 0.25) is 0 Å². The molecule has 8 nitrogen and oxygen atoms in total. The number of carbonyl (C=O) groups is 2. The molecule has 0 spiro atoms. The minimum absolute atomic E-state index is 0.0538. The number of carboxylic acid groups (broad SMARTS) is 1. The second-order valence-corrected chi connectivity index (χ2v) is 6.11. The van der Waals surface area contributed by atoms with Gasteiger partial charge >= 0.3 is 6.09 Å². The fourth-order valence-electron chi connectivity index (χ4n) is 3.63. The molecule has 1 fully saturated rings. The summed E-state index contributed by atoms with van der Waals surface area (Å²) in [5.74, 6) is -0.914. The van der Waals surface area contributed by atoms with Gasteiger partial charge in [0.05, 0.1) is 11.3 Å². The number of rotatable bonds is 2. The van der Waals surface area contributed by atoms with Gasteiger partial charge in [0, 0.05) is 42.4 Å². The SMILES string of the molecule is N=C1N=C2C(=C1C(N)=O)C=C1NC=CC=C1C2C1CN(C(=O)O)C1. The third-order valence-electron chi connectivity index (χ3n) is 4.75. The van der Waals surface area contributed by atoms with Crippen LogP contribution in [0.1, 0.15) is 0 Å². The number of hydrogen-bond donors (Lipinski definition) is 4. The third kappa shape index (κ3) is 1.92. The molecule has 24 heavy (non-hydrogen) atoms. The Labute approximate surface area is 137 Å². The number of carbonyl (C=O) groups excluding carboxylic acids is 1. The van der Waals surface area contributed by atoms with E-state index in [0.717, 1.165) is 11.3 Å². The summed E-state index contributed by atoms with van der Waals surface area (Å²) < 4.78 is 0. The third-order valence-corrected chi connectivity index (χ3v) is 4.75. The number of likely N-dealkylation sites (tertiary alicyclic amines) is 1. The number of dihydropyridines is 1. The molecule has 5 N–H and O–H groups in total. The average molecular weight is 325 g/mol. The lowest BCUT2D eigenvalue weighted by Gasteiger charge is -2.44. The fourth-order valence-corrected chi connectivity index (χ4v) is 3.63. The molecule has 0 bridgehead atoms. The number of nitrogens with one attached hydrogen (secondary N) is 2. The molecule has 0 aromatic carbocycles. The number of hydrogen-bond acceptors (Lipinski definition) is 4. The van der Waals surface area contributed by atoms with E-state index in [-0.39, 0.29) is 23.2 Å². The Hall–Kier alpha value is -3.16. The molecule has 4 aliphatic rings. The summed E-state index contributed by atoms with van der Waals surface area (Å²) in [6.45, 7) is 0.805. The van der Waals surface area contributed by atoms with Gasteiger partial charge < -0.3 is 21.1 Å². The van der Waals surface area contributed by atoms with Crippen LogP contribution >= 0.6 is 0 Å². The van der Waals surface area contributed by atoms with Crippen LogP contribution in [0.5, 0.6) is 0 Å². The molecule has 8 heteroatoms. The summed E-state index contributed by atoms with van der Waals surface area (Å²) in [7, 11) is 0. The van der Waals surface area contributed by atoms with Gasteiger partial charge in [-0.3, -0.25) is 10.2 Å². The Kier molecular flexibility index (Phi) is 2.96. The van der Waals surface area contributed by atoms with Crippen molar-refractivity contribution in [1.29, 1.82) is 5.41 Å². The van der Waals surface area contributed by atoms with Crippen molar-refractivity contribution in [3.8, 4) is 0 Å². The van der Waals surface area contributed by atoms with Crippen LogP contribution in [-0.2, 0) is 4.79 Å². The van der Waals surface area contributed by atoms with Crippen LogP contribution in [-0.4, -0.2) is 46.6 Å².